The molecule has 5 nitrogen and oxygen atoms in total. The van der Waals surface area contributed by atoms with Gasteiger partial charge in [-0.05, 0) is 30.0 Å². The summed E-state index contributed by atoms with van der Waals surface area (Å²) in [6.07, 6.45) is 0.552. The van der Waals surface area contributed by atoms with Gasteiger partial charge in [0.1, 0.15) is 0 Å². The number of nitrogens with two attached hydrogens (primary N) is 1. The van der Waals surface area contributed by atoms with Crippen LogP contribution in [0.4, 0.5) is 0 Å². The van der Waals surface area contributed by atoms with Gasteiger partial charge in [0.25, 0.3) is 0 Å². The fourth-order valence-electron chi connectivity index (χ4n) is 3.48. The van der Waals surface area contributed by atoms with E-state index in [1.807, 2.05) is 66.4 Å². The number of rotatable bonds is 5. The Morgan fingerprint density at radius 2 is 1.73 bits per heavy atom. The molecule has 1 aliphatic heterocycles. The zero-order valence-corrected chi connectivity index (χ0v) is 15.3. The Bertz CT molecular complexity index is 791. The predicted octanol–water partition coefficient (Wildman–Crippen LogP) is 2.12. The van der Waals surface area contributed by atoms with E-state index in [0.29, 0.717) is 13.0 Å². The van der Waals surface area contributed by atoms with Crippen molar-refractivity contribution in [2.75, 3.05) is 13.6 Å². The molecular formula is C21H25N3O2. The van der Waals surface area contributed by atoms with Crippen molar-refractivity contribution < 1.29 is 9.59 Å². The Hall–Kier alpha value is -2.66. The van der Waals surface area contributed by atoms with Crippen LogP contribution in [-0.4, -0.2) is 41.2 Å². The number of fused-ring (bicyclic) bond motifs is 1. The minimum Gasteiger partial charge on any atom is -0.368 e. The SMILES string of the molecule is C[C@@H](c1ccccc1)N(C)C(=O)CN1Cc2ccccc2C[C@@H]1C(N)=O. The minimum absolute atomic E-state index is 0.0213. The highest BCUT2D eigenvalue weighted by molar-refractivity contribution is 5.83. The average molecular weight is 351 g/mol. The standard InChI is InChI=1S/C21H25N3O2/c1-15(16-8-4-3-5-9-16)23(2)20(25)14-24-13-18-11-7-6-10-17(18)12-19(24)21(22)26/h3-11,15,19H,12-14H2,1-2H3,(H2,22,26)/t15-,19+/m0/s1. The van der Waals surface area contributed by atoms with E-state index in [4.69, 9.17) is 5.73 Å². The number of likely N-dealkylation sites (N-methyl/N-ethyl adjacent to an activating group) is 1. The maximum atomic E-state index is 12.8. The van der Waals surface area contributed by atoms with E-state index in [9.17, 15) is 9.59 Å². The highest BCUT2D eigenvalue weighted by Gasteiger charge is 2.32. The summed E-state index contributed by atoms with van der Waals surface area (Å²) < 4.78 is 0. The number of carbonyl (C=O) groups is 2. The van der Waals surface area contributed by atoms with Gasteiger partial charge in [-0.25, -0.2) is 0 Å². The van der Waals surface area contributed by atoms with Gasteiger partial charge < -0.3 is 10.6 Å². The van der Waals surface area contributed by atoms with Gasteiger partial charge in [-0.2, -0.15) is 0 Å². The van der Waals surface area contributed by atoms with Crippen molar-refractivity contribution in [2.24, 2.45) is 5.73 Å². The maximum Gasteiger partial charge on any atom is 0.237 e. The Kier molecular flexibility index (Phi) is 5.38. The van der Waals surface area contributed by atoms with E-state index < -0.39 is 6.04 Å². The van der Waals surface area contributed by atoms with E-state index >= 15 is 0 Å². The first kappa shape index (κ1) is 18.1. The van der Waals surface area contributed by atoms with Crippen LogP contribution in [0.3, 0.4) is 0 Å². The van der Waals surface area contributed by atoms with E-state index in [1.54, 1.807) is 11.9 Å². The Labute approximate surface area is 154 Å². The van der Waals surface area contributed by atoms with Crippen molar-refractivity contribution in [3.05, 3.63) is 71.3 Å². The molecule has 2 aromatic rings. The second kappa shape index (κ2) is 7.70. The predicted molar refractivity (Wildman–Crippen MR) is 101 cm³/mol. The Morgan fingerprint density at radius 1 is 1.12 bits per heavy atom. The van der Waals surface area contributed by atoms with Crippen molar-refractivity contribution in [3.8, 4) is 0 Å². The second-order valence-electron chi connectivity index (χ2n) is 6.89. The lowest BCUT2D eigenvalue weighted by Gasteiger charge is -2.36. The summed E-state index contributed by atoms with van der Waals surface area (Å²) in [5.41, 5.74) is 8.97. The molecule has 1 aliphatic rings. The van der Waals surface area contributed by atoms with Gasteiger partial charge in [-0.15, -0.1) is 0 Å². The van der Waals surface area contributed by atoms with Crippen molar-refractivity contribution in [1.29, 1.82) is 0 Å². The minimum atomic E-state index is -0.450. The number of hydrogen-bond donors (Lipinski definition) is 1. The molecule has 0 aliphatic carbocycles. The molecule has 2 atom stereocenters. The van der Waals surface area contributed by atoms with Crippen molar-refractivity contribution in [3.63, 3.8) is 0 Å². The largest absolute Gasteiger partial charge is 0.368 e. The van der Waals surface area contributed by atoms with Crippen molar-refractivity contribution in [1.82, 2.24) is 9.80 Å². The van der Waals surface area contributed by atoms with E-state index in [-0.39, 0.29) is 24.4 Å². The molecule has 5 heteroatoms. The van der Waals surface area contributed by atoms with Crippen molar-refractivity contribution >= 4 is 11.8 Å². The molecule has 0 aromatic heterocycles. The summed E-state index contributed by atoms with van der Waals surface area (Å²) in [4.78, 5) is 28.4. The van der Waals surface area contributed by atoms with Gasteiger partial charge in [0.15, 0.2) is 0 Å². The lowest BCUT2D eigenvalue weighted by Crippen LogP contribution is -2.52. The first-order chi connectivity index (χ1) is 12.5. The Morgan fingerprint density at radius 3 is 2.38 bits per heavy atom. The van der Waals surface area contributed by atoms with Crippen LogP contribution in [0.1, 0.15) is 29.7 Å². The third-order valence-electron chi connectivity index (χ3n) is 5.27. The zero-order chi connectivity index (χ0) is 18.7. The van der Waals surface area contributed by atoms with E-state index in [0.717, 1.165) is 16.7 Å². The van der Waals surface area contributed by atoms with Crippen LogP contribution in [0.2, 0.25) is 0 Å². The van der Waals surface area contributed by atoms with Crippen molar-refractivity contribution in [2.45, 2.75) is 32.0 Å². The van der Waals surface area contributed by atoms with Gasteiger partial charge >= 0.3 is 0 Å². The lowest BCUT2D eigenvalue weighted by molar-refractivity contribution is -0.135. The van der Waals surface area contributed by atoms with Gasteiger partial charge in [0.05, 0.1) is 18.6 Å². The van der Waals surface area contributed by atoms with Gasteiger partial charge in [0, 0.05) is 13.6 Å². The Balaban J connectivity index is 1.74. The first-order valence-corrected chi connectivity index (χ1v) is 8.88. The summed E-state index contributed by atoms with van der Waals surface area (Å²) in [6, 6.07) is 17.4. The van der Waals surface area contributed by atoms with E-state index in [1.165, 1.54) is 0 Å². The summed E-state index contributed by atoms with van der Waals surface area (Å²) >= 11 is 0. The molecule has 26 heavy (non-hydrogen) atoms. The zero-order valence-electron chi connectivity index (χ0n) is 15.3. The van der Waals surface area contributed by atoms with Gasteiger partial charge in [-0.3, -0.25) is 14.5 Å². The van der Waals surface area contributed by atoms with Crippen LogP contribution in [0.5, 0.6) is 0 Å². The molecule has 0 unspecified atom stereocenters. The van der Waals surface area contributed by atoms with E-state index in [2.05, 4.69) is 0 Å². The average Bonchev–Trinajstić information content (AvgIpc) is 2.66. The van der Waals surface area contributed by atoms with Crippen LogP contribution in [0.15, 0.2) is 54.6 Å². The molecule has 0 radical (unpaired) electrons. The summed E-state index contributed by atoms with van der Waals surface area (Å²) in [5.74, 6) is -0.405. The number of hydrogen-bond acceptors (Lipinski definition) is 3. The number of nitrogens with zero attached hydrogens (tertiary/aromatic N) is 2. The number of benzene rings is 2. The highest BCUT2D eigenvalue weighted by Crippen LogP contribution is 2.24. The third kappa shape index (κ3) is 3.78. The molecule has 0 saturated heterocycles. The second-order valence-corrected chi connectivity index (χ2v) is 6.89. The van der Waals surface area contributed by atoms with Crippen LogP contribution < -0.4 is 5.73 Å². The third-order valence-corrected chi connectivity index (χ3v) is 5.27. The highest BCUT2D eigenvalue weighted by atomic mass is 16.2. The molecule has 2 N–H and O–H groups in total. The summed E-state index contributed by atoms with van der Waals surface area (Å²) in [6.45, 7) is 2.74. The molecule has 3 rings (SSSR count). The topological polar surface area (TPSA) is 66.6 Å². The summed E-state index contributed by atoms with van der Waals surface area (Å²) in [5, 5.41) is 0. The molecular weight excluding hydrogens is 326 g/mol. The van der Waals surface area contributed by atoms with Crippen LogP contribution >= 0.6 is 0 Å². The molecule has 2 amide bonds. The molecule has 1 heterocycles. The number of carbonyl (C=O) groups excluding carboxylic acids is 2. The quantitative estimate of drug-likeness (QED) is 0.897. The first-order valence-electron chi connectivity index (χ1n) is 8.88. The maximum absolute atomic E-state index is 12.8. The summed E-state index contributed by atoms with van der Waals surface area (Å²) in [7, 11) is 1.80. The fraction of sp³-hybridized carbons (Fsp3) is 0.333. The molecule has 0 fully saturated rings. The monoisotopic (exact) mass is 351 g/mol. The van der Waals surface area contributed by atoms with Crippen LogP contribution in [0.25, 0.3) is 0 Å². The fourth-order valence-corrected chi connectivity index (χ4v) is 3.48. The molecule has 0 bridgehead atoms. The molecule has 2 aromatic carbocycles. The lowest BCUT2D eigenvalue weighted by atomic mass is 9.93. The van der Waals surface area contributed by atoms with Crippen LogP contribution in [0, 0.1) is 0 Å². The van der Waals surface area contributed by atoms with Gasteiger partial charge in [0.2, 0.25) is 11.8 Å². The number of primary amides is 1. The normalized spacial score (nSPS) is 18.0. The van der Waals surface area contributed by atoms with Gasteiger partial charge in [-0.1, -0.05) is 54.6 Å². The number of amides is 2. The molecule has 136 valence electrons. The van der Waals surface area contributed by atoms with Crippen LogP contribution in [-0.2, 0) is 22.6 Å². The molecule has 0 saturated carbocycles. The smallest absolute Gasteiger partial charge is 0.237 e. The molecule has 0 spiro atoms.